The minimum absolute atomic E-state index is 0.221. The third-order valence-electron chi connectivity index (χ3n) is 3.95. The second-order valence-electron chi connectivity index (χ2n) is 5.96. The topological polar surface area (TPSA) is 68.5 Å². The van der Waals surface area contributed by atoms with E-state index in [4.69, 9.17) is 27.9 Å². The summed E-state index contributed by atoms with van der Waals surface area (Å²) >= 11 is 13.2. The molecule has 0 aliphatic rings. The zero-order chi connectivity index (χ0) is 19.7. The molecular formula is C19H14Cl2N4O2S. The molecule has 1 unspecified atom stereocenters. The first-order valence-electron chi connectivity index (χ1n) is 8.33. The Kier molecular flexibility index (Phi) is 5.21. The summed E-state index contributed by atoms with van der Waals surface area (Å²) in [5.74, 6) is 0.427. The van der Waals surface area contributed by atoms with Crippen molar-refractivity contribution in [2.24, 2.45) is 0 Å². The minimum Gasteiger partial charge on any atom is -0.481 e. The number of rotatable bonds is 5. The summed E-state index contributed by atoms with van der Waals surface area (Å²) in [5, 5.41) is 10.3. The maximum Gasteiger partial charge on any atom is 0.267 e. The van der Waals surface area contributed by atoms with Crippen LogP contribution in [-0.2, 0) is 4.79 Å². The van der Waals surface area contributed by atoms with Crippen molar-refractivity contribution in [2.75, 3.05) is 5.32 Å². The lowest BCUT2D eigenvalue weighted by atomic mass is 10.2. The first kappa shape index (κ1) is 18.7. The van der Waals surface area contributed by atoms with Crippen LogP contribution in [0, 0.1) is 0 Å². The van der Waals surface area contributed by atoms with Crippen molar-refractivity contribution in [1.82, 2.24) is 14.6 Å². The summed E-state index contributed by atoms with van der Waals surface area (Å²) in [4.78, 5) is 17.4. The average molecular weight is 433 g/mol. The Bertz CT molecular complexity index is 1120. The molecule has 0 spiro atoms. The van der Waals surface area contributed by atoms with Crippen LogP contribution in [0.4, 0.5) is 5.95 Å². The minimum atomic E-state index is -0.724. The van der Waals surface area contributed by atoms with Gasteiger partial charge in [-0.05, 0) is 43.3 Å². The number of amides is 1. The smallest absolute Gasteiger partial charge is 0.267 e. The first-order valence-corrected chi connectivity index (χ1v) is 9.96. The molecule has 1 N–H and O–H groups in total. The molecule has 28 heavy (non-hydrogen) atoms. The van der Waals surface area contributed by atoms with Crippen LogP contribution in [0.2, 0.25) is 10.0 Å². The van der Waals surface area contributed by atoms with Gasteiger partial charge < -0.3 is 4.74 Å². The number of aromatic nitrogens is 3. The van der Waals surface area contributed by atoms with Gasteiger partial charge in [0.2, 0.25) is 4.96 Å². The molecule has 0 saturated heterocycles. The van der Waals surface area contributed by atoms with Gasteiger partial charge in [0.05, 0.1) is 5.69 Å². The molecule has 6 nitrogen and oxygen atoms in total. The van der Waals surface area contributed by atoms with E-state index in [1.54, 1.807) is 35.7 Å². The highest BCUT2D eigenvalue weighted by molar-refractivity contribution is 7.15. The van der Waals surface area contributed by atoms with E-state index in [9.17, 15) is 4.79 Å². The molecule has 1 amide bonds. The highest BCUT2D eigenvalue weighted by atomic mass is 35.5. The van der Waals surface area contributed by atoms with Gasteiger partial charge in [-0.3, -0.25) is 10.1 Å². The molecule has 0 bridgehead atoms. The summed E-state index contributed by atoms with van der Waals surface area (Å²) < 4.78 is 7.31. The predicted molar refractivity (Wildman–Crippen MR) is 111 cm³/mol. The van der Waals surface area contributed by atoms with Crippen LogP contribution in [-0.4, -0.2) is 26.6 Å². The molecular weight excluding hydrogens is 419 g/mol. The van der Waals surface area contributed by atoms with E-state index >= 15 is 0 Å². The Balaban J connectivity index is 1.49. The van der Waals surface area contributed by atoms with E-state index in [0.717, 1.165) is 11.3 Å². The molecule has 4 rings (SSSR count). The van der Waals surface area contributed by atoms with E-state index in [1.165, 1.54) is 11.3 Å². The fraction of sp³-hybridized carbons (Fsp3) is 0.105. The summed E-state index contributed by atoms with van der Waals surface area (Å²) in [6.07, 6.45) is -0.724. The lowest BCUT2D eigenvalue weighted by Crippen LogP contribution is -2.30. The SMILES string of the molecule is CC(Oc1ccc(Cl)cc1)C(=O)Nc1nc2scc(-c3ccc(Cl)cc3)n2n1. The zero-order valence-electron chi connectivity index (χ0n) is 14.6. The number of nitrogens with zero attached hydrogens (tertiary/aromatic N) is 3. The number of fused-ring (bicyclic) bond motifs is 1. The molecule has 2 heterocycles. The number of carbonyl (C=O) groups excluding carboxylic acids is 1. The number of carbonyl (C=O) groups is 1. The lowest BCUT2D eigenvalue weighted by molar-refractivity contribution is -0.122. The normalized spacial score (nSPS) is 12.1. The maximum atomic E-state index is 12.4. The highest BCUT2D eigenvalue weighted by Crippen LogP contribution is 2.27. The van der Waals surface area contributed by atoms with Gasteiger partial charge in [0.25, 0.3) is 11.9 Å². The van der Waals surface area contributed by atoms with Gasteiger partial charge in [-0.15, -0.1) is 16.4 Å². The Labute approximate surface area is 174 Å². The molecule has 0 aliphatic heterocycles. The molecule has 0 radical (unpaired) electrons. The number of hydrogen-bond donors (Lipinski definition) is 1. The Morgan fingerprint density at radius 2 is 1.75 bits per heavy atom. The monoisotopic (exact) mass is 432 g/mol. The number of nitrogens with one attached hydrogen (secondary N) is 1. The zero-order valence-corrected chi connectivity index (χ0v) is 16.9. The first-order chi connectivity index (χ1) is 13.5. The van der Waals surface area contributed by atoms with Crippen molar-refractivity contribution < 1.29 is 9.53 Å². The van der Waals surface area contributed by atoms with E-state index in [0.29, 0.717) is 20.8 Å². The van der Waals surface area contributed by atoms with Crippen molar-refractivity contribution in [3.8, 4) is 17.0 Å². The third-order valence-corrected chi connectivity index (χ3v) is 5.27. The molecule has 9 heteroatoms. The quantitative estimate of drug-likeness (QED) is 0.472. The van der Waals surface area contributed by atoms with Gasteiger partial charge in [-0.1, -0.05) is 35.3 Å². The van der Waals surface area contributed by atoms with Crippen LogP contribution in [0.5, 0.6) is 5.75 Å². The van der Waals surface area contributed by atoms with Crippen LogP contribution >= 0.6 is 34.5 Å². The summed E-state index contributed by atoms with van der Waals surface area (Å²) in [6.45, 7) is 1.65. The number of anilines is 1. The van der Waals surface area contributed by atoms with E-state index in [1.807, 2.05) is 29.6 Å². The van der Waals surface area contributed by atoms with Gasteiger partial charge in [0, 0.05) is 21.0 Å². The van der Waals surface area contributed by atoms with Gasteiger partial charge in [0.1, 0.15) is 5.75 Å². The van der Waals surface area contributed by atoms with Crippen molar-refractivity contribution >= 4 is 51.4 Å². The molecule has 0 aliphatic carbocycles. The van der Waals surface area contributed by atoms with Crippen molar-refractivity contribution in [3.05, 3.63) is 64.0 Å². The van der Waals surface area contributed by atoms with Crippen LogP contribution in [0.25, 0.3) is 16.2 Å². The van der Waals surface area contributed by atoms with Crippen LogP contribution in [0.15, 0.2) is 53.9 Å². The number of hydrogen-bond acceptors (Lipinski definition) is 5. The van der Waals surface area contributed by atoms with E-state index < -0.39 is 6.10 Å². The number of ether oxygens (including phenoxy) is 1. The molecule has 2 aromatic carbocycles. The van der Waals surface area contributed by atoms with Gasteiger partial charge >= 0.3 is 0 Å². The highest BCUT2D eigenvalue weighted by Gasteiger charge is 2.18. The van der Waals surface area contributed by atoms with Crippen molar-refractivity contribution in [2.45, 2.75) is 13.0 Å². The second kappa shape index (κ2) is 7.79. The fourth-order valence-electron chi connectivity index (χ4n) is 2.54. The summed E-state index contributed by atoms with van der Waals surface area (Å²) in [6, 6.07) is 14.3. The van der Waals surface area contributed by atoms with Crippen LogP contribution < -0.4 is 10.1 Å². The van der Waals surface area contributed by atoms with Crippen molar-refractivity contribution in [1.29, 1.82) is 0 Å². The molecule has 142 valence electrons. The number of halogens is 2. The fourth-order valence-corrected chi connectivity index (χ4v) is 3.62. The van der Waals surface area contributed by atoms with Gasteiger partial charge in [-0.2, -0.15) is 4.98 Å². The second-order valence-corrected chi connectivity index (χ2v) is 7.67. The van der Waals surface area contributed by atoms with E-state index in [-0.39, 0.29) is 11.9 Å². The van der Waals surface area contributed by atoms with E-state index in [2.05, 4.69) is 15.4 Å². The Morgan fingerprint density at radius 1 is 1.11 bits per heavy atom. The summed E-state index contributed by atoms with van der Waals surface area (Å²) in [5.41, 5.74) is 1.83. The van der Waals surface area contributed by atoms with Gasteiger partial charge in [-0.25, -0.2) is 4.52 Å². The van der Waals surface area contributed by atoms with Crippen LogP contribution in [0.1, 0.15) is 6.92 Å². The lowest BCUT2D eigenvalue weighted by Gasteiger charge is -2.13. The third kappa shape index (κ3) is 3.96. The molecule has 1 atom stereocenters. The van der Waals surface area contributed by atoms with Crippen LogP contribution in [0.3, 0.4) is 0 Å². The molecule has 0 saturated carbocycles. The average Bonchev–Trinajstić information content (AvgIpc) is 3.24. The number of thiazole rings is 1. The Morgan fingerprint density at radius 3 is 2.43 bits per heavy atom. The number of benzene rings is 2. The molecule has 0 fully saturated rings. The standard InChI is InChI=1S/C19H14Cl2N4O2S/c1-11(27-15-8-6-14(21)7-9-15)17(26)22-18-23-19-25(24-18)16(10-28-19)12-2-4-13(20)5-3-12/h2-11H,1H3,(H,22,24,26). The van der Waals surface area contributed by atoms with Gasteiger partial charge in [0.15, 0.2) is 6.10 Å². The maximum absolute atomic E-state index is 12.4. The largest absolute Gasteiger partial charge is 0.481 e. The molecule has 2 aromatic heterocycles. The predicted octanol–water partition coefficient (Wildman–Crippen LogP) is 5.17. The summed E-state index contributed by atoms with van der Waals surface area (Å²) in [7, 11) is 0. The van der Waals surface area contributed by atoms with Crippen molar-refractivity contribution in [3.63, 3.8) is 0 Å². The molecule has 4 aromatic rings. The Hall–Kier alpha value is -2.61.